The molecular weight excluding hydrogens is 306 g/mol. The number of nitrogens with two attached hydrogens (primary N) is 1. The quantitative estimate of drug-likeness (QED) is 0.751. The van der Waals surface area contributed by atoms with E-state index in [-0.39, 0.29) is 17.5 Å². The zero-order valence-electron chi connectivity index (χ0n) is 13.1. The van der Waals surface area contributed by atoms with Gasteiger partial charge < -0.3 is 21.1 Å². The number of hydrogen-bond donors (Lipinski definition) is 3. The van der Waals surface area contributed by atoms with Crippen LogP contribution >= 0.6 is 0 Å². The zero-order chi connectivity index (χ0) is 17.1. The van der Waals surface area contributed by atoms with Crippen molar-refractivity contribution in [3.63, 3.8) is 0 Å². The molecule has 0 bridgehead atoms. The Hall–Kier alpha value is -3.02. The number of rotatable bonds is 4. The van der Waals surface area contributed by atoms with Gasteiger partial charge in [-0.2, -0.15) is 0 Å². The van der Waals surface area contributed by atoms with E-state index in [1.165, 1.54) is 0 Å². The van der Waals surface area contributed by atoms with E-state index in [1.807, 2.05) is 11.0 Å². The number of benzene rings is 2. The van der Waals surface area contributed by atoms with Gasteiger partial charge in [0.25, 0.3) is 0 Å². The van der Waals surface area contributed by atoms with Crippen LogP contribution in [0.5, 0.6) is 0 Å². The van der Waals surface area contributed by atoms with Gasteiger partial charge in [0.15, 0.2) is 0 Å². The number of nitrogen functional groups attached to an aromatic ring is 1. The van der Waals surface area contributed by atoms with Gasteiger partial charge in [-0.15, -0.1) is 0 Å². The van der Waals surface area contributed by atoms with E-state index < -0.39 is 5.97 Å². The summed E-state index contributed by atoms with van der Waals surface area (Å²) < 4.78 is 0. The van der Waals surface area contributed by atoms with Crippen LogP contribution in [0.3, 0.4) is 0 Å². The van der Waals surface area contributed by atoms with Gasteiger partial charge in [-0.05, 0) is 55.3 Å². The fourth-order valence-corrected chi connectivity index (χ4v) is 2.96. The fraction of sp³-hybridized carbons (Fsp3) is 0.222. The van der Waals surface area contributed by atoms with E-state index >= 15 is 0 Å². The second kappa shape index (κ2) is 6.62. The minimum atomic E-state index is -0.973. The summed E-state index contributed by atoms with van der Waals surface area (Å²) in [5.41, 5.74) is 7.96. The van der Waals surface area contributed by atoms with Gasteiger partial charge in [-0.1, -0.05) is 6.07 Å². The van der Waals surface area contributed by atoms with Gasteiger partial charge in [0, 0.05) is 23.6 Å². The minimum absolute atomic E-state index is 0.0991. The highest BCUT2D eigenvalue weighted by Crippen LogP contribution is 2.27. The Morgan fingerprint density at radius 2 is 1.92 bits per heavy atom. The third-order valence-electron chi connectivity index (χ3n) is 4.16. The fourth-order valence-electron chi connectivity index (χ4n) is 2.96. The first kappa shape index (κ1) is 15.9. The Morgan fingerprint density at radius 3 is 2.62 bits per heavy atom. The first-order valence-corrected chi connectivity index (χ1v) is 7.81. The van der Waals surface area contributed by atoms with Crippen LogP contribution in [-0.4, -0.2) is 29.6 Å². The van der Waals surface area contributed by atoms with Crippen LogP contribution in [0.25, 0.3) is 0 Å². The highest BCUT2D eigenvalue weighted by molar-refractivity contribution is 5.97. The number of carbonyl (C=O) groups is 2. The maximum atomic E-state index is 12.6. The van der Waals surface area contributed by atoms with Crippen molar-refractivity contribution < 1.29 is 14.7 Å². The molecule has 1 fully saturated rings. The van der Waals surface area contributed by atoms with Crippen LogP contribution in [0.1, 0.15) is 23.2 Å². The molecule has 6 nitrogen and oxygen atoms in total. The predicted octanol–water partition coefficient (Wildman–Crippen LogP) is 2.57. The lowest BCUT2D eigenvalue weighted by atomic mass is 10.1. The number of carboxylic acids is 1. The predicted molar refractivity (Wildman–Crippen MR) is 93.3 cm³/mol. The second-order valence-electron chi connectivity index (χ2n) is 5.82. The molecule has 0 aliphatic carbocycles. The highest BCUT2D eigenvalue weighted by Gasteiger charge is 2.31. The van der Waals surface area contributed by atoms with Crippen molar-refractivity contribution in [3.8, 4) is 0 Å². The Balaban J connectivity index is 1.77. The average molecular weight is 325 g/mol. The second-order valence-corrected chi connectivity index (χ2v) is 5.82. The molecule has 2 aromatic carbocycles. The van der Waals surface area contributed by atoms with E-state index in [1.54, 1.807) is 42.5 Å². The van der Waals surface area contributed by atoms with Crippen molar-refractivity contribution in [2.24, 2.45) is 0 Å². The number of nitrogens with zero attached hydrogens (tertiary/aromatic N) is 1. The molecule has 4 N–H and O–H groups in total. The topological polar surface area (TPSA) is 95.7 Å². The third kappa shape index (κ3) is 3.32. The molecule has 3 rings (SSSR count). The number of anilines is 3. The molecule has 0 unspecified atom stereocenters. The Kier molecular flexibility index (Phi) is 4.37. The number of nitrogens with one attached hydrogen (secondary N) is 1. The van der Waals surface area contributed by atoms with Crippen molar-refractivity contribution in [2.75, 3.05) is 22.5 Å². The monoisotopic (exact) mass is 325 g/mol. The van der Waals surface area contributed by atoms with E-state index in [2.05, 4.69) is 5.32 Å². The van der Waals surface area contributed by atoms with Crippen LogP contribution < -0.4 is 16.0 Å². The molecule has 0 saturated carbocycles. The molecule has 24 heavy (non-hydrogen) atoms. The molecule has 0 radical (unpaired) electrons. The Morgan fingerprint density at radius 1 is 1.17 bits per heavy atom. The molecular formula is C18H19N3O3. The number of carbonyl (C=O) groups excluding carboxylic acids is 1. The van der Waals surface area contributed by atoms with E-state index in [9.17, 15) is 9.59 Å². The molecule has 1 saturated heterocycles. The van der Waals surface area contributed by atoms with Crippen molar-refractivity contribution in [1.82, 2.24) is 0 Å². The summed E-state index contributed by atoms with van der Waals surface area (Å²) in [5.74, 6) is -1.07. The van der Waals surface area contributed by atoms with Gasteiger partial charge >= 0.3 is 5.97 Å². The Labute approximate surface area is 139 Å². The first-order chi connectivity index (χ1) is 11.5. The zero-order valence-corrected chi connectivity index (χ0v) is 13.1. The van der Waals surface area contributed by atoms with Crippen LogP contribution in [0.4, 0.5) is 17.1 Å². The van der Waals surface area contributed by atoms with E-state index in [4.69, 9.17) is 10.8 Å². The molecule has 1 heterocycles. The lowest BCUT2D eigenvalue weighted by Gasteiger charge is -2.26. The van der Waals surface area contributed by atoms with E-state index in [0.717, 1.165) is 25.1 Å². The summed E-state index contributed by atoms with van der Waals surface area (Å²) in [6.07, 6.45) is 1.62. The maximum absolute atomic E-state index is 12.6. The van der Waals surface area contributed by atoms with E-state index in [0.29, 0.717) is 11.4 Å². The summed E-state index contributed by atoms with van der Waals surface area (Å²) in [6.45, 7) is 0.725. The summed E-state index contributed by atoms with van der Waals surface area (Å²) in [5, 5.41) is 12.0. The highest BCUT2D eigenvalue weighted by atomic mass is 16.4. The molecule has 1 aliphatic rings. The summed E-state index contributed by atoms with van der Waals surface area (Å²) >= 11 is 0. The first-order valence-electron chi connectivity index (χ1n) is 7.81. The lowest BCUT2D eigenvalue weighted by molar-refractivity contribution is -0.117. The van der Waals surface area contributed by atoms with Crippen LogP contribution in [0.15, 0.2) is 48.5 Å². The summed E-state index contributed by atoms with van der Waals surface area (Å²) in [7, 11) is 0. The third-order valence-corrected chi connectivity index (χ3v) is 4.16. The number of amides is 1. The largest absolute Gasteiger partial charge is 0.478 e. The van der Waals surface area contributed by atoms with Gasteiger partial charge in [0.05, 0.1) is 5.56 Å². The SMILES string of the molecule is Nc1ccc(NC(=O)[C@H]2CCCN2c2cccc(C(=O)O)c2)cc1. The van der Waals surface area contributed by atoms with Crippen LogP contribution in [0, 0.1) is 0 Å². The van der Waals surface area contributed by atoms with Gasteiger partial charge in [0.2, 0.25) is 5.91 Å². The van der Waals surface area contributed by atoms with Gasteiger partial charge in [0.1, 0.15) is 6.04 Å². The number of hydrogen-bond acceptors (Lipinski definition) is 4. The lowest BCUT2D eigenvalue weighted by Crippen LogP contribution is -2.39. The molecule has 124 valence electrons. The smallest absolute Gasteiger partial charge is 0.335 e. The molecule has 0 aromatic heterocycles. The van der Waals surface area contributed by atoms with Crippen molar-refractivity contribution in [2.45, 2.75) is 18.9 Å². The summed E-state index contributed by atoms with van der Waals surface area (Å²) in [4.78, 5) is 25.7. The van der Waals surface area contributed by atoms with Crippen LogP contribution in [-0.2, 0) is 4.79 Å². The Bertz CT molecular complexity index is 758. The van der Waals surface area contributed by atoms with Crippen molar-refractivity contribution in [1.29, 1.82) is 0 Å². The molecule has 0 spiro atoms. The van der Waals surface area contributed by atoms with Gasteiger partial charge in [-0.3, -0.25) is 4.79 Å². The van der Waals surface area contributed by atoms with Crippen molar-refractivity contribution in [3.05, 3.63) is 54.1 Å². The summed E-state index contributed by atoms with van der Waals surface area (Å²) in [6, 6.07) is 13.4. The van der Waals surface area contributed by atoms with Crippen LogP contribution in [0.2, 0.25) is 0 Å². The number of aromatic carboxylic acids is 1. The molecule has 1 atom stereocenters. The average Bonchev–Trinajstić information content (AvgIpc) is 3.07. The normalized spacial score (nSPS) is 16.8. The van der Waals surface area contributed by atoms with Crippen molar-refractivity contribution >= 4 is 28.9 Å². The number of carboxylic acid groups (broad SMARTS) is 1. The molecule has 1 amide bonds. The minimum Gasteiger partial charge on any atom is -0.478 e. The maximum Gasteiger partial charge on any atom is 0.335 e. The molecule has 2 aromatic rings. The standard InChI is InChI=1S/C18H19N3O3/c19-13-6-8-14(9-7-13)20-17(22)16-5-2-10-21(16)15-4-1-3-12(11-15)18(23)24/h1,3-4,6-9,11,16H,2,5,10,19H2,(H,20,22)(H,23,24)/t16-/m1/s1. The molecule has 1 aliphatic heterocycles. The van der Waals surface area contributed by atoms with Gasteiger partial charge in [-0.25, -0.2) is 4.79 Å². The molecule has 6 heteroatoms.